The summed E-state index contributed by atoms with van der Waals surface area (Å²) >= 11 is 0. The lowest BCUT2D eigenvalue weighted by atomic mass is 10.1. The van der Waals surface area contributed by atoms with Crippen molar-refractivity contribution < 1.29 is 20.4 Å². The monoisotopic (exact) mass is 206 g/mol. The Kier molecular flexibility index (Phi) is 5.72. The highest BCUT2D eigenvalue weighted by molar-refractivity contribution is 5.76. The number of hydrogen-bond donors (Lipinski definition) is 6. The van der Waals surface area contributed by atoms with E-state index in [1.165, 1.54) is 0 Å². The molecule has 8 N–H and O–H groups in total. The zero-order valence-electron chi connectivity index (χ0n) is 7.35. The van der Waals surface area contributed by atoms with Gasteiger partial charge in [0.1, 0.15) is 18.3 Å². The van der Waals surface area contributed by atoms with Gasteiger partial charge in [-0.1, -0.05) is 0 Å². The van der Waals surface area contributed by atoms with Crippen LogP contribution < -0.4 is 11.5 Å². The Labute approximate surface area is 80.2 Å². The van der Waals surface area contributed by atoms with Crippen molar-refractivity contribution in [2.24, 2.45) is 21.7 Å². The Bertz CT molecular complexity index is 216. The minimum absolute atomic E-state index is 0.300. The van der Waals surface area contributed by atoms with E-state index in [2.05, 4.69) is 10.2 Å². The maximum Gasteiger partial charge on any atom is 0.211 e. The predicted octanol–water partition coefficient (Wildman–Crippen LogP) is -3.68. The minimum atomic E-state index is -1.54. The summed E-state index contributed by atoms with van der Waals surface area (Å²) in [6.07, 6.45) is -3.61. The van der Waals surface area contributed by atoms with Gasteiger partial charge in [0.15, 0.2) is 0 Å². The van der Waals surface area contributed by atoms with Gasteiger partial charge in [-0.2, -0.15) is 5.10 Å². The molecule has 0 saturated heterocycles. The van der Waals surface area contributed by atoms with Crippen LogP contribution in [0.5, 0.6) is 0 Å². The third-order valence-electron chi connectivity index (χ3n) is 1.32. The highest BCUT2D eigenvalue weighted by Gasteiger charge is 2.22. The molecule has 0 bridgehead atoms. The fourth-order valence-corrected chi connectivity index (χ4v) is 0.592. The molecule has 0 saturated carbocycles. The van der Waals surface area contributed by atoms with Crippen molar-refractivity contribution in [3.05, 3.63) is 0 Å². The van der Waals surface area contributed by atoms with Crippen LogP contribution in [0.1, 0.15) is 0 Å². The van der Waals surface area contributed by atoms with Gasteiger partial charge in [0.25, 0.3) is 0 Å². The quantitative estimate of drug-likeness (QED) is 0.154. The maximum atomic E-state index is 9.11. The molecule has 0 aliphatic heterocycles. The second-order valence-corrected chi connectivity index (χ2v) is 2.52. The molecule has 0 aromatic rings. The molecule has 8 nitrogen and oxygen atoms in total. The van der Waals surface area contributed by atoms with Crippen LogP contribution in [0.3, 0.4) is 0 Å². The Morgan fingerprint density at radius 3 is 2.29 bits per heavy atom. The largest absolute Gasteiger partial charge is 0.394 e. The lowest BCUT2D eigenvalue weighted by Crippen LogP contribution is -2.40. The zero-order chi connectivity index (χ0) is 11.1. The highest BCUT2D eigenvalue weighted by Crippen LogP contribution is 1.97. The molecule has 0 aliphatic carbocycles. The molecule has 0 aromatic carbocycles. The van der Waals surface area contributed by atoms with Crippen molar-refractivity contribution in [3.8, 4) is 0 Å². The van der Waals surface area contributed by atoms with Crippen molar-refractivity contribution in [2.45, 2.75) is 18.3 Å². The lowest BCUT2D eigenvalue weighted by Gasteiger charge is -2.17. The summed E-state index contributed by atoms with van der Waals surface area (Å²) in [4.78, 5) is 0. The Hall–Kier alpha value is -1.22. The molecule has 3 unspecified atom stereocenters. The number of rotatable bonds is 5. The number of aliphatic hydroxyl groups is 4. The van der Waals surface area contributed by atoms with E-state index in [0.29, 0.717) is 0 Å². The second kappa shape index (κ2) is 6.27. The first-order valence-electron chi connectivity index (χ1n) is 3.76. The van der Waals surface area contributed by atoms with Crippen LogP contribution in [0.2, 0.25) is 0 Å². The maximum absolute atomic E-state index is 9.11. The first-order valence-corrected chi connectivity index (χ1v) is 3.76. The van der Waals surface area contributed by atoms with Crippen LogP contribution in [0.25, 0.3) is 0 Å². The number of nitrogens with zero attached hydrogens (tertiary/aromatic N) is 2. The van der Waals surface area contributed by atoms with Gasteiger partial charge < -0.3 is 31.9 Å². The molecular weight excluding hydrogens is 192 g/mol. The Morgan fingerprint density at radius 2 is 1.86 bits per heavy atom. The number of nitrogens with two attached hydrogens (primary N) is 2. The van der Waals surface area contributed by atoms with Crippen molar-refractivity contribution in [1.29, 1.82) is 0 Å². The van der Waals surface area contributed by atoms with Gasteiger partial charge in [-0.25, -0.2) is 0 Å². The summed E-state index contributed by atoms with van der Waals surface area (Å²) < 4.78 is 0. The van der Waals surface area contributed by atoms with Crippen molar-refractivity contribution in [3.63, 3.8) is 0 Å². The van der Waals surface area contributed by atoms with E-state index in [1.807, 2.05) is 0 Å². The fourth-order valence-electron chi connectivity index (χ4n) is 0.592. The van der Waals surface area contributed by atoms with Gasteiger partial charge in [-0.15, -0.1) is 5.10 Å². The number of aliphatic hydroxyl groups excluding tert-OH is 4. The van der Waals surface area contributed by atoms with E-state index in [1.54, 1.807) is 0 Å². The standard InChI is InChI=1S/C6H14N4O4/c7-6(8)10-9-1-3(12)5(14)4(13)2-11/h1,3-5,11-14H,2H2,(H4,7,8,10). The summed E-state index contributed by atoms with van der Waals surface area (Å²) in [5.74, 6) is -0.300. The third kappa shape index (κ3) is 4.72. The fraction of sp³-hybridized carbons (Fsp3) is 0.667. The summed E-state index contributed by atoms with van der Waals surface area (Å²) in [6.45, 7) is -0.672. The molecule has 0 spiro atoms. The van der Waals surface area contributed by atoms with E-state index in [-0.39, 0.29) is 5.96 Å². The molecule has 0 radical (unpaired) electrons. The highest BCUT2D eigenvalue weighted by atomic mass is 16.4. The second-order valence-electron chi connectivity index (χ2n) is 2.52. The van der Waals surface area contributed by atoms with Crippen LogP contribution in [-0.4, -0.2) is 57.5 Å². The average Bonchev–Trinajstić information content (AvgIpc) is 2.14. The van der Waals surface area contributed by atoms with Crippen LogP contribution >= 0.6 is 0 Å². The molecule has 3 atom stereocenters. The summed E-state index contributed by atoms with van der Waals surface area (Å²) in [7, 11) is 0. The summed E-state index contributed by atoms with van der Waals surface area (Å²) in [6, 6.07) is 0. The summed E-state index contributed by atoms with van der Waals surface area (Å²) in [5.41, 5.74) is 9.84. The van der Waals surface area contributed by atoms with E-state index in [0.717, 1.165) is 6.21 Å². The first kappa shape index (κ1) is 12.8. The van der Waals surface area contributed by atoms with Crippen molar-refractivity contribution in [1.82, 2.24) is 0 Å². The van der Waals surface area contributed by atoms with Crippen LogP contribution in [0, 0.1) is 0 Å². The van der Waals surface area contributed by atoms with E-state index in [4.69, 9.17) is 31.9 Å². The predicted molar refractivity (Wildman–Crippen MR) is 49.4 cm³/mol. The number of hydrogen-bond acceptors (Lipinski definition) is 6. The molecule has 0 amide bonds. The Morgan fingerprint density at radius 1 is 1.29 bits per heavy atom. The van der Waals surface area contributed by atoms with Gasteiger partial charge in [-0.05, 0) is 0 Å². The molecule has 0 fully saturated rings. The average molecular weight is 206 g/mol. The molecule has 14 heavy (non-hydrogen) atoms. The molecular formula is C6H14N4O4. The third-order valence-corrected chi connectivity index (χ3v) is 1.32. The minimum Gasteiger partial charge on any atom is -0.394 e. The molecule has 0 aliphatic rings. The molecule has 82 valence electrons. The van der Waals surface area contributed by atoms with E-state index in [9.17, 15) is 0 Å². The lowest BCUT2D eigenvalue weighted by molar-refractivity contribution is -0.0541. The van der Waals surface area contributed by atoms with Crippen molar-refractivity contribution in [2.75, 3.05) is 6.61 Å². The van der Waals surface area contributed by atoms with E-state index >= 15 is 0 Å². The molecule has 0 heterocycles. The summed E-state index contributed by atoms with van der Waals surface area (Å²) in [5, 5.41) is 41.9. The Balaban J connectivity index is 4.13. The van der Waals surface area contributed by atoms with Gasteiger partial charge in [0.2, 0.25) is 5.96 Å². The van der Waals surface area contributed by atoms with Gasteiger partial charge in [-0.3, -0.25) is 0 Å². The molecule has 8 heteroatoms. The van der Waals surface area contributed by atoms with Gasteiger partial charge in [0.05, 0.1) is 12.8 Å². The van der Waals surface area contributed by atoms with E-state index < -0.39 is 24.9 Å². The smallest absolute Gasteiger partial charge is 0.211 e. The van der Waals surface area contributed by atoms with Crippen LogP contribution in [0.4, 0.5) is 0 Å². The van der Waals surface area contributed by atoms with Crippen LogP contribution in [-0.2, 0) is 0 Å². The molecule has 0 aromatic heterocycles. The van der Waals surface area contributed by atoms with Crippen molar-refractivity contribution >= 4 is 12.2 Å². The normalized spacial score (nSPS) is 17.7. The topological polar surface area (TPSA) is 158 Å². The SMILES string of the molecule is NC(N)=NN=CC(O)C(O)C(O)CO. The molecule has 0 rings (SSSR count). The van der Waals surface area contributed by atoms with Gasteiger partial charge >= 0.3 is 0 Å². The first-order chi connectivity index (χ1) is 6.49. The zero-order valence-corrected chi connectivity index (χ0v) is 7.35. The van der Waals surface area contributed by atoms with Gasteiger partial charge in [0, 0.05) is 0 Å². The number of guanidine groups is 1. The van der Waals surface area contributed by atoms with Crippen LogP contribution in [0.15, 0.2) is 10.2 Å².